The van der Waals surface area contributed by atoms with Gasteiger partial charge in [-0.15, -0.1) is 11.3 Å². The summed E-state index contributed by atoms with van der Waals surface area (Å²) in [5.74, 6) is 1.55. The van der Waals surface area contributed by atoms with Gasteiger partial charge < -0.3 is 10.1 Å². The summed E-state index contributed by atoms with van der Waals surface area (Å²) in [6.45, 7) is 2.82. The molecule has 17 heavy (non-hydrogen) atoms. The number of methoxy groups -OCH3 is 1. The van der Waals surface area contributed by atoms with Gasteiger partial charge >= 0.3 is 0 Å². The first-order chi connectivity index (χ1) is 8.29. The molecule has 4 nitrogen and oxygen atoms in total. The number of nitrogens with one attached hydrogen (secondary N) is 1. The monoisotopic (exact) mass is 249 g/mol. The molecule has 0 unspecified atom stereocenters. The minimum Gasteiger partial charge on any atom is -0.493 e. The van der Waals surface area contributed by atoms with Crippen LogP contribution in [-0.2, 0) is 6.42 Å². The summed E-state index contributed by atoms with van der Waals surface area (Å²) in [7, 11) is 1.65. The van der Waals surface area contributed by atoms with E-state index >= 15 is 0 Å². The molecule has 0 fully saturated rings. The molecule has 0 amide bonds. The summed E-state index contributed by atoms with van der Waals surface area (Å²) in [4.78, 5) is 8.64. The Kier molecular flexibility index (Phi) is 3.93. The van der Waals surface area contributed by atoms with E-state index in [0.717, 1.165) is 35.2 Å². The van der Waals surface area contributed by atoms with Crippen LogP contribution in [0.15, 0.2) is 23.7 Å². The molecule has 2 heterocycles. The zero-order valence-electron chi connectivity index (χ0n) is 9.93. The molecule has 2 rings (SSSR count). The van der Waals surface area contributed by atoms with E-state index in [-0.39, 0.29) is 0 Å². The topological polar surface area (TPSA) is 47.0 Å². The standard InChI is InChI=1S/C12H15N3OS/c1-9-8-17-11(15-9)5-7-14-12-10(16-2)4-3-6-13-12/h3-4,6,8H,5,7H2,1-2H3,(H,13,14). The number of aryl methyl sites for hydroxylation is 1. The van der Waals surface area contributed by atoms with Crippen LogP contribution in [-0.4, -0.2) is 23.6 Å². The Labute approximate surface area is 105 Å². The van der Waals surface area contributed by atoms with Crippen molar-refractivity contribution in [1.29, 1.82) is 0 Å². The van der Waals surface area contributed by atoms with E-state index in [2.05, 4.69) is 20.7 Å². The second-order valence-corrected chi connectivity index (χ2v) is 4.56. The Morgan fingerprint density at radius 3 is 3.06 bits per heavy atom. The van der Waals surface area contributed by atoms with Crippen molar-refractivity contribution in [3.63, 3.8) is 0 Å². The number of thiazole rings is 1. The molecule has 0 saturated heterocycles. The zero-order valence-corrected chi connectivity index (χ0v) is 10.8. The van der Waals surface area contributed by atoms with E-state index in [9.17, 15) is 0 Å². The van der Waals surface area contributed by atoms with Gasteiger partial charge in [0.2, 0.25) is 0 Å². The second-order valence-electron chi connectivity index (χ2n) is 3.61. The van der Waals surface area contributed by atoms with Gasteiger partial charge in [-0.1, -0.05) is 0 Å². The van der Waals surface area contributed by atoms with Crippen molar-refractivity contribution in [2.75, 3.05) is 19.0 Å². The first-order valence-electron chi connectivity index (χ1n) is 5.43. The van der Waals surface area contributed by atoms with E-state index in [1.807, 2.05) is 19.1 Å². The van der Waals surface area contributed by atoms with Gasteiger partial charge in [0.1, 0.15) is 0 Å². The molecule has 5 heteroatoms. The molecular formula is C12H15N3OS. The lowest BCUT2D eigenvalue weighted by Gasteiger charge is -2.08. The van der Waals surface area contributed by atoms with Gasteiger partial charge in [-0.2, -0.15) is 0 Å². The Bertz CT molecular complexity index is 484. The fourth-order valence-electron chi connectivity index (χ4n) is 1.49. The predicted octanol–water partition coefficient (Wildman–Crippen LogP) is 2.51. The van der Waals surface area contributed by atoms with Crippen LogP contribution in [0.5, 0.6) is 5.75 Å². The highest BCUT2D eigenvalue weighted by Crippen LogP contribution is 2.19. The lowest BCUT2D eigenvalue weighted by atomic mass is 10.4. The molecule has 0 aliphatic rings. The van der Waals surface area contributed by atoms with Crippen molar-refractivity contribution in [3.8, 4) is 5.75 Å². The SMILES string of the molecule is COc1cccnc1NCCc1nc(C)cs1. The highest BCUT2D eigenvalue weighted by Gasteiger charge is 2.03. The summed E-state index contributed by atoms with van der Waals surface area (Å²) in [5.41, 5.74) is 1.08. The minimum absolute atomic E-state index is 0.766. The fraction of sp³-hybridized carbons (Fsp3) is 0.333. The smallest absolute Gasteiger partial charge is 0.168 e. The number of aromatic nitrogens is 2. The van der Waals surface area contributed by atoms with Crippen LogP contribution in [0.1, 0.15) is 10.7 Å². The fourth-order valence-corrected chi connectivity index (χ4v) is 2.27. The molecule has 1 N–H and O–H groups in total. The summed E-state index contributed by atoms with van der Waals surface area (Å²) in [6, 6.07) is 3.75. The Balaban J connectivity index is 1.89. The molecule has 90 valence electrons. The number of hydrogen-bond acceptors (Lipinski definition) is 5. The van der Waals surface area contributed by atoms with Crippen LogP contribution >= 0.6 is 11.3 Å². The molecule has 0 saturated carbocycles. The summed E-state index contributed by atoms with van der Waals surface area (Å²) >= 11 is 1.69. The van der Waals surface area contributed by atoms with Gasteiger partial charge in [-0.05, 0) is 19.1 Å². The average molecular weight is 249 g/mol. The lowest BCUT2D eigenvalue weighted by molar-refractivity contribution is 0.415. The first kappa shape index (κ1) is 11.9. The molecule has 0 atom stereocenters. The first-order valence-corrected chi connectivity index (χ1v) is 6.31. The summed E-state index contributed by atoms with van der Waals surface area (Å²) in [6.07, 6.45) is 2.65. The Morgan fingerprint density at radius 1 is 1.47 bits per heavy atom. The quantitative estimate of drug-likeness (QED) is 0.884. The average Bonchev–Trinajstić information content (AvgIpc) is 2.76. The van der Waals surface area contributed by atoms with Crippen molar-refractivity contribution in [2.24, 2.45) is 0 Å². The maximum Gasteiger partial charge on any atom is 0.168 e. The van der Waals surface area contributed by atoms with Crippen molar-refractivity contribution >= 4 is 17.2 Å². The van der Waals surface area contributed by atoms with E-state index in [4.69, 9.17) is 4.74 Å². The molecule has 0 aliphatic carbocycles. The van der Waals surface area contributed by atoms with E-state index in [1.165, 1.54) is 0 Å². The molecule has 0 radical (unpaired) electrons. The van der Waals surface area contributed by atoms with Gasteiger partial charge in [0, 0.05) is 30.2 Å². The van der Waals surface area contributed by atoms with Gasteiger partial charge in [0.15, 0.2) is 11.6 Å². The van der Waals surface area contributed by atoms with Gasteiger partial charge in [-0.3, -0.25) is 0 Å². The normalized spacial score (nSPS) is 10.2. The number of anilines is 1. The Hall–Kier alpha value is -1.62. The van der Waals surface area contributed by atoms with Crippen LogP contribution < -0.4 is 10.1 Å². The largest absolute Gasteiger partial charge is 0.493 e. The summed E-state index contributed by atoms with van der Waals surface area (Å²) in [5, 5.41) is 6.46. The second kappa shape index (κ2) is 5.63. The summed E-state index contributed by atoms with van der Waals surface area (Å²) < 4.78 is 5.21. The molecule has 0 aromatic carbocycles. The highest BCUT2D eigenvalue weighted by atomic mass is 32.1. The third kappa shape index (κ3) is 3.17. The Morgan fingerprint density at radius 2 is 2.35 bits per heavy atom. The third-order valence-corrected chi connectivity index (χ3v) is 3.31. The molecular weight excluding hydrogens is 234 g/mol. The number of hydrogen-bond donors (Lipinski definition) is 1. The maximum absolute atomic E-state index is 5.21. The van der Waals surface area contributed by atoms with Gasteiger partial charge in [0.25, 0.3) is 0 Å². The highest BCUT2D eigenvalue weighted by molar-refractivity contribution is 7.09. The van der Waals surface area contributed by atoms with Crippen molar-refractivity contribution in [2.45, 2.75) is 13.3 Å². The molecule has 2 aromatic rings. The van der Waals surface area contributed by atoms with Crippen molar-refractivity contribution in [3.05, 3.63) is 34.4 Å². The number of rotatable bonds is 5. The minimum atomic E-state index is 0.766. The van der Waals surface area contributed by atoms with Crippen LogP contribution in [0, 0.1) is 6.92 Å². The number of ether oxygens (including phenoxy) is 1. The molecule has 0 spiro atoms. The molecule has 0 bridgehead atoms. The maximum atomic E-state index is 5.21. The lowest BCUT2D eigenvalue weighted by Crippen LogP contribution is -2.07. The molecule has 0 aliphatic heterocycles. The van der Waals surface area contributed by atoms with Gasteiger partial charge in [-0.25, -0.2) is 9.97 Å². The number of pyridine rings is 1. The van der Waals surface area contributed by atoms with Crippen LogP contribution in [0.2, 0.25) is 0 Å². The molecule has 2 aromatic heterocycles. The van der Waals surface area contributed by atoms with E-state index < -0.39 is 0 Å². The van der Waals surface area contributed by atoms with E-state index in [0.29, 0.717) is 0 Å². The predicted molar refractivity (Wildman–Crippen MR) is 69.8 cm³/mol. The van der Waals surface area contributed by atoms with Gasteiger partial charge in [0.05, 0.1) is 12.1 Å². The van der Waals surface area contributed by atoms with Crippen molar-refractivity contribution in [1.82, 2.24) is 9.97 Å². The van der Waals surface area contributed by atoms with Crippen LogP contribution in [0.25, 0.3) is 0 Å². The zero-order chi connectivity index (χ0) is 12.1. The van der Waals surface area contributed by atoms with Crippen LogP contribution in [0.3, 0.4) is 0 Å². The van der Waals surface area contributed by atoms with Crippen molar-refractivity contribution < 1.29 is 4.74 Å². The van der Waals surface area contributed by atoms with E-state index in [1.54, 1.807) is 24.6 Å². The number of nitrogens with zero attached hydrogens (tertiary/aromatic N) is 2. The van der Waals surface area contributed by atoms with Crippen LogP contribution in [0.4, 0.5) is 5.82 Å². The third-order valence-electron chi connectivity index (χ3n) is 2.29.